The van der Waals surface area contributed by atoms with E-state index < -0.39 is 0 Å². The maximum Gasteiger partial charge on any atom is 0.226 e. The Kier molecular flexibility index (Phi) is 7.13. The Bertz CT molecular complexity index is 1150. The van der Waals surface area contributed by atoms with Crippen LogP contribution in [-0.4, -0.2) is 32.0 Å². The van der Waals surface area contributed by atoms with Gasteiger partial charge < -0.3 is 20.1 Å². The average molecular weight is 488 g/mol. The van der Waals surface area contributed by atoms with E-state index in [9.17, 15) is 4.79 Å². The molecule has 35 heavy (non-hydrogen) atoms. The number of hydrogen-bond donors (Lipinski definition) is 2. The Morgan fingerprint density at radius 3 is 2.66 bits per heavy atom. The van der Waals surface area contributed by atoms with Crippen LogP contribution in [0.2, 0.25) is 0 Å². The fraction of sp³-hybridized carbons (Fsp3) is 0.393. The van der Waals surface area contributed by atoms with Crippen molar-refractivity contribution in [3.8, 4) is 0 Å². The van der Waals surface area contributed by atoms with E-state index in [1.165, 1.54) is 43.2 Å². The number of anilines is 1. The molecule has 1 aliphatic carbocycles. The fourth-order valence-electron chi connectivity index (χ4n) is 5.30. The molecule has 1 aliphatic heterocycles. The topological polar surface area (TPSA) is 62.2 Å². The number of carbonyl (C=O) groups is 1. The molecule has 2 fully saturated rings. The lowest BCUT2D eigenvalue weighted by Crippen LogP contribution is -2.32. The molecule has 3 heterocycles. The van der Waals surface area contributed by atoms with Crippen molar-refractivity contribution in [2.75, 3.05) is 11.9 Å². The quantitative estimate of drug-likeness (QED) is 0.419. The van der Waals surface area contributed by atoms with Gasteiger partial charge >= 0.3 is 0 Å². The third-order valence-electron chi connectivity index (χ3n) is 7.19. The summed E-state index contributed by atoms with van der Waals surface area (Å²) in [5.74, 6) is -0.0172. The van der Waals surface area contributed by atoms with Gasteiger partial charge in [0, 0.05) is 43.3 Å². The SMILES string of the molecule is Cc1ccc(NC(=O)CCN2C(=S)N[C@H](c3ccccn3)[C@@H]2c2ccn(C3CCCCC3)c2)cc1. The second-order valence-corrected chi connectivity index (χ2v) is 10.1. The first-order chi connectivity index (χ1) is 17.1. The summed E-state index contributed by atoms with van der Waals surface area (Å²) >= 11 is 5.77. The summed E-state index contributed by atoms with van der Waals surface area (Å²) < 4.78 is 2.38. The van der Waals surface area contributed by atoms with Crippen LogP contribution in [0.25, 0.3) is 0 Å². The van der Waals surface area contributed by atoms with E-state index >= 15 is 0 Å². The molecule has 5 rings (SSSR count). The van der Waals surface area contributed by atoms with Gasteiger partial charge in [-0.25, -0.2) is 0 Å². The minimum absolute atomic E-state index is 0.0172. The number of amides is 1. The van der Waals surface area contributed by atoms with Crippen LogP contribution in [0.15, 0.2) is 67.1 Å². The highest BCUT2D eigenvalue weighted by Gasteiger charge is 2.40. The molecule has 1 aromatic carbocycles. The van der Waals surface area contributed by atoms with E-state index in [4.69, 9.17) is 12.2 Å². The maximum atomic E-state index is 12.7. The molecular formula is C28H33N5OS. The molecule has 1 saturated heterocycles. The minimum Gasteiger partial charge on any atom is -0.352 e. The normalized spacial score (nSPS) is 20.6. The summed E-state index contributed by atoms with van der Waals surface area (Å²) in [7, 11) is 0. The molecule has 3 aromatic rings. The lowest BCUT2D eigenvalue weighted by atomic mass is 9.95. The number of pyridine rings is 1. The van der Waals surface area contributed by atoms with E-state index in [-0.39, 0.29) is 18.0 Å². The van der Waals surface area contributed by atoms with E-state index in [0.717, 1.165) is 11.4 Å². The van der Waals surface area contributed by atoms with Gasteiger partial charge in [0.1, 0.15) is 0 Å². The van der Waals surface area contributed by atoms with E-state index in [1.54, 1.807) is 0 Å². The molecule has 1 saturated carbocycles. The third-order valence-corrected chi connectivity index (χ3v) is 7.54. The van der Waals surface area contributed by atoms with Gasteiger partial charge in [-0.15, -0.1) is 0 Å². The number of aromatic nitrogens is 2. The number of aryl methyl sites for hydroxylation is 1. The van der Waals surface area contributed by atoms with Gasteiger partial charge in [0.15, 0.2) is 5.11 Å². The first kappa shape index (κ1) is 23.5. The van der Waals surface area contributed by atoms with Crippen LogP contribution in [0.5, 0.6) is 0 Å². The summed E-state index contributed by atoms with van der Waals surface area (Å²) in [5.41, 5.74) is 4.14. The molecule has 182 valence electrons. The van der Waals surface area contributed by atoms with Crippen LogP contribution >= 0.6 is 12.2 Å². The number of nitrogens with zero attached hydrogens (tertiary/aromatic N) is 3. The van der Waals surface area contributed by atoms with Crippen LogP contribution in [-0.2, 0) is 4.79 Å². The summed E-state index contributed by atoms with van der Waals surface area (Å²) in [4.78, 5) is 19.5. The first-order valence-corrected chi connectivity index (χ1v) is 13.0. The van der Waals surface area contributed by atoms with Crippen molar-refractivity contribution in [3.05, 3.63) is 83.9 Å². The lowest BCUT2D eigenvalue weighted by molar-refractivity contribution is -0.116. The summed E-state index contributed by atoms with van der Waals surface area (Å²) in [6.45, 7) is 2.57. The molecule has 0 spiro atoms. The molecule has 0 unspecified atom stereocenters. The van der Waals surface area contributed by atoms with Crippen LogP contribution < -0.4 is 10.6 Å². The van der Waals surface area contributed by atoms with Crippen molar-refractivity contribution < 1.29 is 4.79 Å². The molecule has 0 bridgehead atoms. The Morgan fingerprint density at radius 2 is 1.91 bits per heavy atom. The minimum atomic E-state index is -0.0638. The molecule has 1 amide bonds. The van der Waals surface area contributed by atoms with Crippen LogP contribution in [0.3, 0.4) is 0 Å². The van der Waals surface area contributed by atoms with Gasteiger partial charge in [0.25, 0.3) is 0 Å². The fourth-order valence-corrected chi connectivity index (χ4v) is 5.64. The summed E-state index contributed by atoms with van der Waals surface area (Å²) in [6.07, 6.45) is 13.1. The highest BCUT2D eigenvalue weighted by molar-refractivity contribution is 7.80. The zero-order chi connectivity index (χ0) is 24.2. The Hall–Kier alpha value is -3.19. The van der Waals surface area contributed by atoms with Gasteiger partial charge in [0.05, 0.1) is 17.8 Å². The predicted molar refractivity (Wildman–Crippen MR) is 143 cm³/mol. The molecule has 7 heteroatoms. The Labute approximate surface area is 212 Å². The Morgan fingerprint density at radius 1 is 1.11 bits per heavy atom. The molecule has 2 N–H and O–H groups in total. The standard InChI is InChI=1S/C28H33N5OS/c1-20-10-12-22(13-11-20)30-25(34)15-18-33-27(26(31-28(33)35)24-9-5-6-16-29-24)21-14-17-32(19-21)23-7-3-2-4-8-23/h5-6,9-14,16-17,19,23,26-27H,2-4,7-8,15,18H2,1H3,(H,30,34)(H,31,35)/t26-,27+/m1/s1. The highest BCUT2D eigenvalue weighted by Crippen LogP contribution is 2.39. The zero-order valence-corrected chi connectivity index (χ0v) is 21.0. The van der Waals surface area contributed by atoms with Gasteiger partial charge in [-0.2, -0.15) is 0 Å². The van der Waals surface area contributed by atoms with Crippen molar-refractivity contribution in [2.24, 2.45) is 0 Å². The monoisotopic (exact) mass is 487 g/mol. The van der Waals surface area contributed by atoms with Crippen molar-refractivity contribution in [1.82, 2.24) is 19.8 Å². The lowest BCUT2D eigenvalue weighted by Gasteiger charge is -2.27. The number of carbonyl (C=O) groups excluding carboxylic acids is 1. The number of nitrogens with one attached hydrogen (secondary N) is 2. The molecular weight excluding hydrogens is 454 g/mol. The average Bonchev–Trinajstić information content (AvgIpc) is 3.50. The van der Waals surface area contributed by atoms with Crippen molar-refractivity contribution in [3.63, 3.8) is 0 Å². The van der Waals surface area contributed by atoms with E-state index in [0.29, 0.717) is 24.1 Å². The molecule has 0 radical (unpaired) electrons. The number of benzene rings is 1. The molecule has 2 aromatic heterocycles. The van der Waals surface area contributed by atoms with E-state index in [1.807, 2.05) is 55.6 Å². The molecule has 2 atom stereocenters. The second-order valence-electron chi connectivity index (χ2n) is 9.67. The van der Waals surface area contributed by atoms with Gasteiger partial charge in [-0.3, -0.25) is 9.78 Å². The van der Waals surface area contributed by atoms with Crippen LogP contribution in [0.4, 0.5) is 5.69 Å². The van der Waals surface area contributed by atoms with Crippen LogP contribution in [0, 0.1) is 6.92 Å². The van der Waals surface area contributed by atoms with Crippen molar-refractivity contribution >= 4 is 28.9 Å². The first-order valence-electron chi connectivity index (χ1n) is 12.6. The smallest absolute Gasteiger partial charge is 0.226 e. The molecule has 6 nitrogen and oxygen atoms in total. The van der Waals surface area contributed by atoms with Crippen LogP contribution in [0.1, 0.15) is 73.5 Å². The van der Waals surface area contributed by atoms with Gasteiger partial charge in [-0.1, -0.05) is 43.0 Å². The maximum absolute atomic E-state index is 12.7. The number of thiocarbonyl (C=S) groups is 1. The number of hydrogen-bond acceptors (Lipinski definition) is 3. The third kappa shape index (κ3) is 5.40. The highest BCUT2D eigenvalue weighted by atomic mass is 32.1. The van der Waals surface area contributed by atoms with Gasteiger partial charge in [0.2, 0.25) is 5.91 Å². The van der Waals surface area contributed by atoms with Gasteiger partial charge in [-0.05, 0) is 67.9 Å². The molecule has 2 aliphatic rings. The van der Waals surface area contributed by atoms with Crippen molar-refractivity contribution in [1.29, 1.82) is 0 Å². The predicted octanol–water partition coefficient (Wildman–Crippen LogP) is 5.70. The summed E-state index contributed by atoms with van der Waals surface area (Å²) in [5, 5.41) is 7.16. The second kappa shape index (κ2) is 10.6. The largest absolute Gasteiger partial charge is 0.352 e. The number of rotatable bonds is 7. The zero-order valence-electron chi connectivity index (χ0n) is 20.2. The summed E-state index contributed by atoms with van der Waals surface area (Å²) in [6, 6.07) is 16.5. The van der Waals surface area contributed by atoms with Crippen molar-refractivity contribution in [2.45, 2.75) is 63.6 Å². The Balaban J connectivity index is 1.35. The van der Waals surface area contributed by atoms with E-state index in [2.05, 4.69) is 43.5 Å².